The highest BCUT2D eigenvalue weighted by atomic mass is 32.2. The number of amides is 1. The fraction of sp³-hybridized carbons (Fsp3) is 0.526. The number of carbonyl (C=O) groups excluding carboxylic acids is 1. The van der Waals surface area contributed by atoms with Crippen LogP contribution in [0.4, 0.5) is 5.69 Å². The smallest absolute Gasteiger partial charge is 0.305 e. The van der Waals surface area contributed by atoms with Crippen LogP contribution in [0.5, 0.6) is 5.75 Å². The van der Waals surface area contributed by atoms with Gasteiger partial charge < -0.3 is 13.8 Å². The van der Waals surface area contributed by atoms with Crippen molar-refractivity contribution in [1.29, 1.82) is 0 Å². The first-order valence-electron chi connectivity index (χ1n) is 8.86. The van der Waals surface area contributed by atoms with Crippen molar-refractivity contribution in [3.8, 4) is 5.75 Å². The van der Waals surface area contributed by atoms with Gasteiger partial charge in [-0.05, 0) is 55.5 Å². The summed E-state index contributed by atoms with van der Waals surface area (Å²) in [6, 6.07) is 7.58. The minimum Gasteiger partial charge on any atom is -0.497 e. The molecular formula is C19H23NO5S. The molecule has 0 spiro atoms. The Labute approximate surface area is 153 Å². The standard InChI is InChI=1S/C19H23NO5S/c1-11-16(25-26(3,22)23)9-4-12-10-15-18(17(11)12)20(19(15)21)13-5-7-14(24-2)8-6-13/h5-8,12,15,17-18H,4,9-10H2,1-3H3/t12-,15+,17-,18-/m1/s1. The lowest BCUT2D eigenvalue weighted by molar-refractivity contribution is -0.129. The molecule has 26 heavy (non-hydrogen) atoms. The number of rotatable bonds is 4. The van der Waals surface area contributed by atoms with Gasteiger partial charge in [0.25, 0.3) is 0 Å². The fourth-order valence-corrected chi connectivity index (χ4v) is 5.49. The van der Waals surface area contributed by atoms with Gasteiger partial charge in [-0.3, -0.25) is 4.79 Å². The second-order valence-electron chi connectivity index (χ2n) is 7.46. The maximum absolute atomic E-state index is 12.7. The molecular weight excluding hydrogens is 354 g/mol. The van der Waals surface area contributed by atoms with Gasteiger partial charge in [0.2, 0.25) is 5.91 Å². The SMILES string of the molecule is COc1ccc(N2C(=O)[C@H]3C[C@H]4CCC(OS(C)(=O)=O)=C(C)[C@H]4[C@@H]32)cc1. The Bertz CT molecular complexity index is 874. The lowest BCUT2D eigenvalue weighted by atomic mass is 9.76. The molecule has 140 valence electrons. The topological polar surface area (TPSA) is 72.9 Å². The maximum Gasteiger partial charge on any atom is 0.305 e. The first-order valence-corrected chi connectivity index (χ1v) is 10.7. The largest absolute Gasteiger partial charge is 0.497 e. The summed E-state index contributed by atoms with van der Waals surface area (Å²) in [5.41, 5.74) is 1.84. The molecule has 2 fully saturated rings. The van der Waals surface area contributed by atoms with Crippen LogP contribution in [0.25, 0.3) is 0 Å². The van der Waals surface area contributed by atoms with Crippen molar-refractivity contribution in [3.63, 3.8) is 0 Å². The zero-order chi connectivity index (χ0) is 18.6. The Kier molecular flexibility index (Phi) is 4.02. The summed E-state index contributed by atoms with van der Waals surface area (Å²) in [5.74, 6) is 2.06. The zero-order valence-electron chi connectivity index (χ0n) is 15.1. The van der Waals surface area contributed by atoms with Crippen molar-refractivity contribution in [2.75, 3.05) is 18.3 Å². The zero-order valence-corrected chi connectivity index (χ0v) is 16.0. The van der Waals surface area contributed by atoms with Gasteiger partial charge >= 0.3 is 10.1 Å². The van der Waals surface area contributed by atoms with Gasteiger partial charge in [0.05, 0.1) is 25.3 Å². The number of carbonyl (C=O) groups is 1. The summed E-state index contributed by atoms with van der Waals surface area (Å²) in [6.45, 7) is 1.95. The molecule has 0 radical (unpaired) electrons. The van der Waals surface area contributed by atoms with Crippen molar-refractivity contribution >= 4 is 21.7 Å². The number of methoxy groups -OCH3 is 1. The number of hydrogen-bond acceptors (Lipinski definition) is 5. The molecule has 0 unspecified atom stereocenters. The maximum atomic E-state index is 12.7. The molecule has 1 saturated carbocycles. The Morgan fingerprint density at radius 2 is 1.88 bits per heavy atom. The van der Waals surface area contributed by atoms with E-state index >= 15 is 0 Å². The number of benzene rings is 1. The molecule has 4 atom stereocenters. The number of hydrogen-bond donors (Lipinski definition) is 0. The molecule has 0 bridgehead atoms. The van der Waals surface area contributed by atoms with E-state index in [0.29, 0.717) is 18.1 Å². The molecule has 7 heteroatoms. The van der Waals surface area contributed by atoms with E-state index < -0.39 is 10.1 Å². The van der Waals surface area contributed by atoms with Crippen LogP contribution in [0.15, 0.2) is 35.6 Å². The van der Waals surface area contributed by atoms with Crippen molar-refractivity contribution in [3.05, 3.63) is 35.6 Å². The second kappa shape index (κ2) is 6.01. The minimum absolute atomic E-state index is 0.0274. The van der Waals surface area contributed by atoms with Crippen LogP contribution in [-0.4, -0.2) is 33.7 Å². The van der Waals surface area contributed by atoms with Gasteiger partial charge in [0, 0.05) is 18.0 Å². The molecule has 4 rings (SSSR count). The average molecular weight is 377 g/mol. The van der Waals surface area contributed by atoms with Crippen LogP contribution in [-0.2, 0) is 19.1 Å². The average Bonchev–Trinajstić information content (AvgIpc) is 2.93. The number of ether oxygens (including phenoxy) is 1. The molecule has 1 heterocycles. The van der Waals surface area contributed by atoms with Crippen LogP contribution < -0.4 is 9.64 Å². The molecule has 1 aromatic rings. The van der Waals surface area contributed by atoms with E-state index in [-0.39, 0.29) is 23.8 Å². The first-order chi connectivity index (χ1) is 12.3. The van der Waals surface area contributed by atoms with Crippen LogP contribution in [0.2, 0.25) is 0 Å². The Hall–Kier alpha value is -2.02. The quantitative estimate of drug-likeness (QED) is 0.596. The van der Waals surface area contributed by atoms with Gasteiger partial charge in [0.1, 0.15) is 11.5 Å². The summed E-state index contributed by atoms with van der Waals surface area (Å²) in [7, 11) is -1.92. The molecule has 1 aliphatic heterocycles. The van der Waals surface area contributed by atoms with Crippen molar-refractivity contribution in [1.82, 2.24) is 0 Å². The number of β-lactam (4-membered cyclic amide) rings is 1. The Morgan fingerprint density at radius 1 is 1.19 bits per heavy atom. The monoisotopic (exact) mass is 377 g/mol. The number of anilines is 1. The van der Waals surface area contributed by atoms with E-state index in [2.05, 4.69) is 0 Å². The van der Waals surface area contributed by atoms with E-state index in [0.717, 1.165) is 36.1 Å². The van der Waals surface area contributed by atoms with E-state index in [1.165, 1.54) is 0 Å². The number of allylic oxidation sites excluding steroid dienone is 1. The summed E-state index contributed by atoms with van der Waals surface area (Å²) in [5, 5.41) is 0. The highest BCUT2D eigenvalue weighted by Crippen LogP contribution is 2.55. The summed E-state index contributed by atoms with van der Waals surface area (Å²) < 4.78 is 33.6. The number of nitrogens with zero attached hydrogens (tertiary/aromatic N) is 1. The molecule has 3 aliphatic rings. The Balaban J connectivity index is 1.66. The highest BCUT2D eigenvalue weighted by Gasteiger charge is 2.60. The predicted octanol–water partition coefficient (Wildman–Crippen LogP) is 2.71. The van der Waals surface area contributed by atoms with E-state index in [9.17, 15) is 13.2 Å². The third-order valence-corrected chi connectivity index (χ3v) is 6.49. The van der Waals surface area contributed by atoms with Crippen molar-refractivity contribution in [2.24, 2.45) is 17.8 Å². The fourth-order valence-electron chi connectivity index (χ4n) is 4.91. The third kappa shape index (κ3) is 2.69. The van der Waals surface area contributed by atoms with Crippen LogP contribution >= 0.6 is 0 Å². The van der Waals surface area contributed by atoms with E-state index in [1.807, 2.05) is 36.1 Å². The molecule has 0 N–H and O–H groups in total. The lowest BCUT2D eigenvalue weighted by Crippen LogP contribution is -2.61. The van der Waals surface area contributed by atoms with E-state index in [1.54, 1.807) is 7.11 Å². The Morgan fingerprint density at radius 3 is 2.50 bits per heavy atom. The molecule has 6 nitrogen and oxygen atoms in total. The van der Waals surface area contributed by atoms with Gasteiger partial charge in [-0.25, -0.2) is 0 Å². The molecule has 2 aliphatic carbocycles. The van der Waals surface area contributed by atoms with Gasteiger partial charge in [-0.1, -0.05) is 0 Å². The molecule has 1 amide bonds. The van der Waals surface area contributed by atoms with Crippen LogP contribution in [0.1, 0.15) is 26.2 Å². The lowest BCUT2D eigenvalue weighted by Gasteiger charge is -2.47. The van der Waals surface area contributed by atoms with Gasteiger partial charge in [0.15, 0.2) is 0 Å². The minimum atomic E-state index is -3.53. The first kappa shape index (κ1) is 17.4. The number of fused-ring (bicyclic) bond motifs is 3. The van der Waals surface area contributed by atoms with Gasteiger partial charge in [-0.2, -0.15) is 8.42 Å². The third-order valence-electron chi connectivity index (χ3n) is 5.98. The highest BCUT2D eigenvalue weighted by molar-refractivity contribution is 7.86. The molecule has 1 aromatic carbocycles. The molecule has 1 saturated heterocycles. The van der Waals surface area contributed by atoms with Crippen molar-refractivity contribution < 1.29 is 22.1 Å². The van der Waals surface area contributed by atoms with E-state index in [4.69, 9.17) is 8.92 Å². The summed E-state index contributed by atoms with van der Waals surface area (Å²) in [6.07, 6.45) is 3.44. The summed E-state index contributed by atoms with van der Waals surface area (Å²) >= 11 is 0. The normalized spacial score (nSPS) is 30.6. The van der Waals surface area contributed by atoms with Crippen LogP contribution in [0.3, 0.4) is 0 Å². The molecule has 0 aromatic heterocycles. The summed E-state index contributed by atoms with van der Waals surface area (Å²) in [4.78, 5) is 14.6. The van der Waals surface area contributed by atoms with Crippen LogP contribution in [0, 0.1) is 17.8 Å². The predicted molar refractivity (Wildman–Crippen MR) is 97.2 cm³/mol. The van der Waals surface area contributed by atoms with Crippen molar-refractivity contribution in [2.45, 2.75) is 32.2 Å². The van der Waals surface area contributed by atoms with Gasteiger partial charge in [-0.15, -0.1) is 0 Å². The second-order valence-corrected chi connectivity index (χ2v) is 9.03.